The van der Waals surface area contributed by atoms with Crippen LogP contribution in [0.25, 0.3) is 0 Å². The summed E-state index contributed by atoms with van der Waals surface area (Å²) in [6, 6.07) is 9.76. The number of amides is 1. The van der Waals surface area contributed by atoms with E-state index in [0.717, 1.165) is 18.4 Å². The van der Waals surface area contributed by atoms with Crippen LogP contribution in [0.2, 0.25) is 0 Å². The molecule has 6 nitrogen and oxygen atoms in total. The van der Waals surface area contributed by atoms with Crippen molar-refractivity contribution >= 4 is 5.91 Å². The molecule has 0 saturated carbocycles. The maximum absolute atomic E-state index is 12.2. The number of aryl methyl sites for hydroxylation is 1. The Hall–Kier alpha value is -2.21. The van der Waals surface area contributed by atoms with Gasteiger partial charge in [-0.2, -0.15) is 5.10 Å². The first-order valence-electron chi connectivity index (χ1n) is 8.07. The highest BCUT2D eigenvalue weighted by molar-refractivity contribution is 5.76. The number of aliphatic hydroxyl groups is 1. The highest BCUT2D eigenvalue weighted by Crippen LogP contribution is 2.30. The lowest BCUT2D eigenvalue weighted by Gasteiger charge is -2.34. The second-order valence-corrected chi connectivity index (χ2v) is 5.98. The first-order valence-corrected chi connectivity index (χ1v) is 8.07. The summed E-state index contributed by atoms with van der Waals surface area (Å²) in [5.41, 5.74) is 0.962. The third-order valence-corrected chi connectivity index (χ3v) is 4.50. The molecule has 1 saturated heterocycles. The van der Waals surface area contributed by atoms with Crippen molar-refractivity contribution in [3.05, 3.63) is 48.5 Å². The summed E-state index contributed by atoms with van der Waals surface area (Å²) in [7, 11) is 0. The first-order chi connectivity index (χ1) is 11.2. The Morgan fingerprint density at radius 2 is 2.00 bits per heavy atom. The van der Waals surface area contributed by atoms with Gasteiger partial charge < -0.3 is 10.0 Å². The number of hydrogen-bond donors (Lipinski definition) is 1. The Kier molecular flexibility index (Phi) is 5.02. The molecule has 1 amide bonds. The van der Waals surface area contributed by atoms with E-state index in [0.29, 0.717) is 26.1 Å². The number of hydrogen-bond acceptors (Lipinski definition) is 4. The van der Waals surface area contributed by atoms with Crippen molar-refractivity contribution in [2.75, 3.05) is 13.1 Å². The van der Waals surface area contributed by atoms with Gasteiger partial charge in [0.15, 0.2) is 0 Å². The molecule has 0 radical (unpaired) electrons. The molecule has 0 aliphatic carbocycles. The average Bonchev–Trinajstić information content (AvgIpc) is 3.13. The van der Waals surface area contributed by atoms with Gasteiger partial charge in [0.2, 0.25) is 5.91 Å². The fourth-order valence-electron chi connectivity index (χ4n) is 3.10. The second-order valence-electron chi connectivity index (χ2n) is 5.98. The van der Waals surface area contributed by atoms with Gasteiger partial charge in [0.1, 0.15) is 12.7 Å². The highest BCUT2D eigenvalue weighted by Gasteiger charge is 2.27. The Morgan fingerprint density at radius 1 is 1.26 bits per heavy atom. The van der Waals surface area contributed by atoms with Gasteiger partial charge in [0.05, 0.1) is 12.6 Å². The summed E-state index contributed by atoms with van der Waals surface area (Å²) in [4.78, 5) is 18.0. The average molecular weight is 314 g/mol. The predicted molar refractivity (Wildman–Crippen MR) is 85.3 cm³/mol. The van der Waals surface area contributed by atoms with Crippen LogP contribution in [-0.4, -0.2) is 43.8 Å². The molecule has 1 atom stereocenters. The Balaban J connectivity index is 1.47. The van der Waals surface area contributed by atoms with E-state index in [1.807, 2.05) is 35.2 Å². The van der Waals surface area contributed by atoms with Crippen molar-refractivity contribution in [2.45, 2.75) is 31.9 Å². The lowest BCUT2D eigenvalue weighted by atomic mass is 9.87. The monoisotopic (exact) mass is 314 g/mol. The number of carbonyl (C=O) groups excluding carboxylic acids is 1. The van der Waals surface area contributed by atoms with Gasteiger partial charge in [0, 0.05) is 19.5 Å². The van der Waals surface area contributed by atoms with Crippen molar-refractivity contribution in [2.24, 2.45) is 5.92 Å². The van der Waals surface area contributed by atoms with E-state index in [1.165, 1.54) is 6.33 Å². The molecular weight excluding hydrogens is 292 g/mol. The Bertz CT molecular complexity index is 607. The van der Waals surface area contributed by atoms with E-state index in [9.17, 15) is 9.90 Å². The zero-order valence-electron chi connectivity index (χ0n) is 13.1. The van der Waals surface area contributed by atoms with Gasteiger partial charge >= 0.3 is 0 Å². The van der Waals surface area contributed by atoms with Crippen molar-refractivity contribution < 1.29 is 9.90 Å². The van der Waals surface area contributed by atoms with Crippen LogP contribution in [0.3, 0.4) is 0 Å². The van der Waals surface area contributed by atoms with E-state index in [2.05, 4.69) is 10.1 Å². The summed E-state index contributed by atoms with van der Waals surface area (Å²) in [5, 5.41) is 14.5. The molecule has 1 aromatic heterocycles. The van der Waals surface area contributed by atoms with Crippen LogP contribution < -0.4 is 0 Å². The normalized spacial score (nSPS) is 17.2. The van der Waals surface area contributed by atoms with Crippen molar-refractivity contribution in [1.29, 1.82) is 0 Å². The number of piperidine rings is 1. The molecule has 1 aromatic carbocycles. The molecular formula is C17H22N4O2. The van der Waals surface area contributed by atoms with Gasteiger partial charge in [-0.1, -0.05) is 30.3 Å². The quantitative estimate of drug-likeness (QED) is 0.911. The minimum absolute atomic E-state index is 0.146. The lowest BCUT2D eigenvalue weighted by molar-refractivity contribution is -0.133. The smallest absolute Gasteiger partial charge is 0.224 e. The van der Waals surface area contributed by atoms with Crippen LogP contribution >= 0.6 is 0 Å². The van der Waals surface area contributed by atoms with Crippen LogP contribution in [0.15, 0.2) is 43.0 Å². The molecule has 2 heterocycles. The summed E-state index contributed by atoms with van der Waals surface area (Å²) < 4.78 is 1.67. The van der Waals surface area contributed by atoms with E-state index < -0.39 is 6.10 Å². The van der Waals surface area contributed by atoms with Gasteiger partial charge in [-0.3, -0.25) is 9.48 Å². The minimum atomic E-state index is -0.441. The maximum Gasteiger partial charge on any atom is 0.224 e. The Labute approximate surface area is 135 Å². The van der Waals surface area contributed by atoms with Gasteiger partial charge in [-0.05, 0) is 24.3 Å². The van der Waals surface area contributed by atoms with E-state index in [1.54, 1.807) is 11.0 Å². The third kappa shape index (κ3) is 3.96. The molecule has 1 aliphatic rings. The van der Waals surface area contributed by atoms with Gasteiger partial charge in [0.25, 0.3) is 0 Å². The van der Waals surface area contributed by atoms with Crippen LogP contribution in [0.1, 0.15) is 30.9 Å². The number of nitrogens with zero attached hydrogens (tertiary/aromatic N) is 4. The van der Waals surface area contributed by atoms with Crippen LogP contribution in [0.5, 0.6) is 0 Å². The molecule has 122 valence electrons. The molecule has 3 rings (SSSR count). The van der Waals surface area contributed by atoms with Gasteiger partial charge in [-0.15, -0.1) is 0 Å². The number of aromatic nitrogens is 3. The zero-order chi connectivity index (χ0) is 16.1. The van der Waals surface area contributed by atoms with Crippen LogP contribution in [-0.2, 0) is 11.3 Å². The minimum Gasteiger partial charge on any atom is -0.388 e. The predicted octanol–water partition coefficient (Wildman–Crippen LogP) is 1.64. The lowest BCUT2D eigenvalue weighted by Crippen LogP contribution is -2.40. The summed E-state index contributed by atoms with van der Waals surface area (Å²) in [5.74, 6) is 0.366. The summed E-state index contributed by atoms with van der Waals surface area (Å²) >= 11 is 0. The van der Waals surface area contributed by atoms with E-state index >= 15 is 0 Å². The fourth-order valence-corrected chi connectivity index (χ4v) is 3.10. The number of likely N-dealkylation sites (tertiary alicyclic amines) is 1. The summed E-state index contributed by atoms with van der Waals surface area (Å²) in [6.45, 7) is 1.99. The van der Waals surface area contributed by atoms with Gasteiger partial charge in [-0.25, -0.2) is 4.98 Å². The highest BCUT2D eigenvalue weighted by atomic mass is 16.3. The third-order valence-electron chi connectivity index (χ3n) is 4.50. The van der Waals surface area contributed by atoms with E-state index in [4.69, 9.17) is 0 Å². The first kappa shape index (κ1) is 15.7. The molecule has 0 spiro atoms. The number of benzene rings is 1. The molecule has 1 unspecified atom stereocenters. The molecule has 23 heavy (non-hydrogen) atoms. The van der Waals surface area contributed by atoms with Crippen LogP contribution in [0.4, 0.5) is 0 Å². The van der Waals surface area contributed by atoms with Crippen molar-refractivity contribution in [1.82, 2.24) is 19.7 Å². The summed E-state index contributed by atoms with van der Waals surface area (Å²) in [6.07, 6.45) is 4.77. The Morgan fingerprint density at radius 3 is 2.65 bits per heavy atom. The number of carbonyl (C=O) groups is 1. The molecule has 1 aliphatic heterocycles. The van der Waals surface area contributed by atoms with Crippen LogP contribution in [0, 0.1) is 5.92 Å². The molecule has 1 N–H and O–H groups in total. The number of rotatable bonds is 5. The maximum atomic E-state index is 12.2. The molecule has 6 heteroatoms. The fraction of sp³-hybridized carbons (Fsp3) is 0.471. The molecule has 1 fully saturated rings. The second kappa shape index (κ2) is 7.37. The SMILES string of the molecule is O=C(CCn1cncn1)N1CCC(C(O)c2ccccc2)CC1. The topological polar surface area (TPSA) is 71.2 Å². The standard InChI is InChI=1S/C17H22N4O2/c22-16(8-11-21-13-18-12-19-21)20-9-6-15(7-10-20)17(23)14-4-2-1-3-5-14/h1-5,12-13,15,17,23H,6-11H2. The molecule has 2 aromatic rings. The van der Waals surface area contributed by atoms with Crippen molar-refractivity contribution in [3.8, 4) is 0 Å². The van der Waals surface area contributed by atoms with E-state index in [-0.39, 0.29) is 11.8 Å². The largest absolute Gasteiger partial charge is 0.388 e. The van der Waals surface area contributed by atoms with Crippen molar-refractivity contribution in [3.63, 3.8) is 0 Å². The zero-order valence-corrected chi connectivity index (χ0v) is 13.1. The number of aliphatic hydroxyl groups excluding tert-OH is 1. The molecule has 0 bridgehead atoms.